The molecule has 2 aromatic rings. The Kier molecular flexibility index (Phi) is 4.92. The van der Waals surface area contributed by atoms with Gasteiger partial charge < -0.3 is 5.32 Å². The van der Waals surface area contributed by atoms with Gasteiger partial charge >= 0.3 is 0 Å². The van der Waals surface area contributed by atoms with Crippen LogP contribution in [-0.2, 0) is 16.6 Å². The maximum Gasteiger partial charge on any atom is 0.264 e. The predicted molar refractivity (Wildman–Crippen MR) is 81.4 cm³/mol. The molecule has 0 aliphatic heterocycles. The first-order valence-corrected chi connectivity index (χ1v) is 8.72. The highest BCUT2D eigenvalue weighted by Gasteiger charge is 2.20. The van der Waals surface area contributed by atoms with E-state index in [9.17, 15) is 12.8 Å². The molecule has 0 radical (unpaired) electrons. The number of aryl methyl sites for hydroxylation is 1. The second-order valence-electron chi connectivity index (χ2n) is 4.43. The number of aromatic nitrogens is 1. The highest BCUT2D eigenvalue weighted by molar-refractivity contribution is 7.93. The van der Waals surface area contributed by atoms with Gasteiger partial charge in [0.05, 0.1) is 10.6 Å². The number of sulfonamides is 1. The molecule has 0 bridgehead atoms. The van der Waals surface area contributed by atoms with Gasteiger partial charge in [0.15, 0.2) is 5.13 Å². The molecule has 0 saturated carbocycles. The summed E-state index contributed by atoms with van der Waals surface area (Å²) in [5, 5.41) is 5.05. The van der Waals surface area contributed by atoms with Gasteiger partial charge in [-0.2, -0.15) is 0 Å². The SMILES string of the molecule is CCNCc1ccc(F)cc1S(=O)(=O)Nc1nc(C)cs1. The van der Waals surface area contributed by atoms with Gasteiger partial charge in [-0.15, -0.1) is 11.3 Å². The molecule has 0 saturated heterocycles. The molecule has 8 heteroatoms. The van der Waals surface area contributed by atoms with E-state index in [4.69, 9.17) is 0 Å². The third-order valence-electron chi connectivity index (χ3n) is 2.72. The Balaban J connectivity index is 2.35. The van der Waals surface area contributed by atoms with Crippen molar-refractivity contribution in [3.8, 4) is 0 Å². The third-order valence-corrected chi connectivity index (χ3v) is 5.15. The monoisotopic (exact) mass is 329 g/mol. The number of rotatable bonds is 6. The van der Waals surface area contributed by atoms with E-state index in [1.54, 1.807) is 12.3 Å². The molecule has 21 heavy (non-hydrogen) atoms. The lowest BCUT2D eigenvalue weighted by Crippen LogP contribution is -2.19. The maximum atomic E-state index is 13.4. The summed E-state index contributed by atoms with van der Waals surface area (Å²) in [6.07, 6.45) is 0. The minimum Gasteiger partial charge on any atom is -0.313 e. The Bertz CT molecular complexity index is 729. The molecular weight excluding hydrogens is 313 g/mol. The summed E-state index contributed by atoms with van der Waals surface area (Å²) >= 11 is 1.19. The van der Waals surface area contributed by atoms with E-state index in [2.05, 4.69) is 15.0 Å². The van der Waals surface area contributed by atoms with Crippen molar-refractivity contribution in [1.82, 2.24) is 10.3 Å². The molecule has 2 N–H and O–H groups in total. The zero-order chi connectivity index (χ0) is 15.5. The van der Waals surface area contributed by atoms with Crippen LogP contribution in [0.2, 0.25) is 0 Å². The number of benzene rings is 1. The van der Waals surface area contributed by atoms with Crippen LogP contribution in [0.1, 0.15) is 18.2 Å². The number of nitrogens with zero attached hydrogens (tertiary/aromatic N) is 1. The summed E-state index contributed by atoms with van der Waals surface area (Å²) in [4.78, 5) is 3.98. The van der Waals surface area contributed by atoms with Crippen LogP contribution in [0.5, 0.6) is 0 Å². The van der Waals surface area contributed by atoms with Gasteiger partial charge in [-0.1, -0.05) is 13.0 Å². The number of thiazole rings is 1. The van der Waals surface area contributed by atoms with Gasteiger partial charge in [0, 0.05) is 11.9 Å². The van der Waals surface area contributed by atoms with Crippen LogP contribution in [-0.4, -0.2) is 19.9 Å². The van der Waals surface area contributed by atoms with Crippen molar-refractivity contribution in [2.75, 3.05) is 11.3 Å². The van der Waals surface area contributed by atoms with Crippen LogP contribution in [0.15, 0.2) is 28.5 Å². The molecule has 5 nitrogen and oxygen atoms in total. The lowest BCUT2D eigenvalue weighted by Gasteiger charge is -2.11. The minimum atomic E-state index is -3.87. The number of halogens is 1. The van der Waals surface area contributed by atoms with E-state index in [0.29, 0.717) is 18.7 Å². The van der Waals surface area contributed by atoms with Crippen molar-refractivity contribution in [2.24, 2.45) is 0 Å². The summed E-state index contributed by atoms with van der Waals surface area (Å²) in [6.45, 7) is 4.72. The van der Waals surface area contributed by atoms with Gasteiger partial charge in [-0.25, -0.2) is 17.8 Å². The summed E-state index contributed by atoms with van der Waals surface area (Å²) in [5.74, 6) is -0.592. The normalized spacial score (nSPS) is 11.6. The molecule has 1 aromatic carbocycles. The molecule has 1 aromatic heterocycles. The highest BCUT2D eigenvalue weighted by Crippen LogP contribution is 2.23. The first-order valence-electron chi connectivity index (χ1n) is 6.36. The van der Waals surface area contributed by atoms with E-state index >= 15 is 0 Å². The Morgan fingerprint density at radius 2 is 2.14 bits per heavy atom. The number of hydrogen-bond donors (Lipinski definition) is 2. The van der Waals surface area contributed by atoms with Crippen molar-refractivity contribution in [3.63, 3.8) is 0 Å². The molecule has 2 rings (SSSR count). The molecule has 0 aliphatic carbocycles. The van der Waals surface area contributed by atoms with Gasteiger partial charge in [-0.3, -0.25) is 4.72 Å². The Hall–Kier alpha value is -1.51. The van der Waals surface area contributed by atoms with E-state index in [1.165, 1.54) is 23.5 Å². The van der Waals surface area contributed by atoms with Crippen molar-refractivity contribution in [1.29, 1.82) is 0 Å². The van der Waals surface area contributed by atoms with Gasteiger partial charge in [-0.05, 0) is 31.2 Å². The zero-order valence-corrected chi connectivity index (χ0v) is 13.3. The average molecular weight is 329 g/mol. The van der Waals surface area contributed by atoms with Crippen LogP contribution in [0.4, 0.5) is 9.52 Å². The lowest BCUT2D eigenvalue weighted by atomic mass is 10.2. The van der Waals surface area contributed by atoms with Crippen LogP contribution in [0, 0.1) is 12.7 Å². The van der Waals surface area contributed by atoms with Gasteiger partial charge in [0.2, 0.25) is 0 Å². The standard InChI is InChI=1S/C13H16FN3O2S2/c1-3-15-7-10-4-5-11(14)6-12(10)21(18,19)17-13-16-9(2)8-20-13/h4-6,8,15H,3,7H2,1-2H3,(H,16,17). The lowest BCUT2D eigenvalue weighted by molar-refractivity contribution is 0.590. The number of anilines is 1. The van der Waals surface area contributed by atoms with Crippen LogP contribution in [0.25, 0.3) is 0 Å². The summed E-state index contributed by atoms with van der Waals surface area (Å²) in [7, 11) is -3.87. The molecule has 0 spiro atoms. The molecular formula is C13H16FN3O2S2. The molecule has 0 atom stereocenters. The van der Waals surface area contributed by atoms with Gasteiger partial charge in [0.1, 0.15) is 5.82 Å². The van der Waals surface area contributed by atoms with E-state index < -0.39 is 15.8 Å². The van der Waals surface area contributed by atoms with E-state index in [1.807, 2.05) is 6.92 Å². The summed E-state index contributed by atoms with van der Waals surface area (Å²) < 4.78 is 40.6. The molecule has 114 valence electrons. The number of hydrogen-bond acceptors (Lipinski definition) is 5. The minimum absolute atomic E-state index is 0.0729. The van der Waals surface area contributed by atoms with Crippen molar-refractivity contribution < 1.29 is 12.8 Å². The zero-order valence-electron chi connectivity index (χ0n) is 11.7. The highest BCUT2D eigenvalue weighted by atomic mass is 32.2. The fourth-order valence-electron chi connectivity index (χ4n) is 1.76. The van der Waals surface area contributed by atoms with E-state index in [0.717, 1.165) is 11.8 Å². The van der Waals surface area contributed by atoms with Crippen LogP contribution < -0.4 is 10.0 Å². The molecule has 0 amide bonds. The third kappa shape index (κ3) is 3.99. The predicted octanol–water partition coefficient (Wildman–Crippen LogP) is 2.50. The fourth-order valence-corrected chi connectivity index (χ4v) is 3.95. The molecule has 0 aliphatic rings. The fraction of sp³-hybridized carbons (Fsp3) is 0.308. The second-order valence-corrected chi connectivity index (χ2v) is 6.94. The van der Waals surface area contributed by atoms with Crippen LogP contribution in [0.3, 0.4) is 0 Å². The topological polar surface area (TPSA) is 71.1 Å². The average Bonchev–Trinajstić information content (AvgIpc) is 2.82. The molecule has 0 fully saturated rings. The molecule has 1 heterocycles. The van der Waals surface area contributed by atoms with Crippen LogP contribution >= 0.6 is 11.3 Å². The maximum absolute atomic E-state index is 13.4. The van der Waals surface area contributed by atoms with Gasteiger partial charge in [0.25, 0.3) is 10.0 Å². The van der Waals surface area contributed by atoms with Crippen molar-refractivity contribution in [3.05, 3.63) is 40.7 Å². The second kappa shape index (κ2) is 6.50. The first kappa shape index (κ1) is 15.9. The Labute approximate surface area is 127 Å². The smallest absolute Gasteiger partial charge is 0.264 e. The summed E-state index contributed by atoms with van der Waals surface area (Å²) in [5.41, 5.74) is 1.24. The summed E-state index contributed by atoms with van der Waals surface area (Å²) in [6, 6.07) is 3.74. The van der Waals surface area contributed by atoms with Crippen molar-refractivity contribution in [2.45, 2.75) is 25.3 Å². The first-order chi connectivity index (χ1) is 9.92. The molecule has 0 unspecified atom stereocenters. The Morgan fingerprint density at radius 1 is 1.38 bits per heavy atom. The van der Waals surface area contributed by atoms with Crippen molar-refractivity contribution >= 4 is 26.5 Å². The quantitative estimate of drug-likeness (QED) is 0.854. The number of nitrogens with one attached hydrogen (secondary N) is 2. The largest absolute Gasteiger partial charge is 0.313 e. The Morgan fingerprint density at radius 3 is 2.76 bits per heavy atom. The van der Waals surface area contributed by atoms with E-state index in [-0.39, 0.29) is 10.0 Å².